The van der Waals surface area contributed by atoms with Gasteiger partial charge in [0.25, 0.3) is 0 Å². The summed E-state index contributed by atoms with van der Waals surface area (Å²) in [6.45, 7) is 1.92. The van der Waals surface area contributed by atoms with E-state index in [-0.39, 0.29) is 0 Å². The van der Waals surface area contributed by atoms with Crippen molar-refractivity contribution in [1.29, 1.82) is 0 Å². The monoisotopic (exact) mass is 473 g/mol. The molecule has 0 spiro atoms. The van der Waals surface area contributed by atoms with E-state index < -0.39 is 24.3 Å². The number of hydrogen-bond acceptors (Lipinski definition) is 8. The Hall–Kier alpha value is -2.89. The van der Waals surface area contributed by atoms with Crippen LogP contribution in [0.25, 0.3) is 0 Å². The summed E-state index contributed by atoms with van der Waals surface area (Å²) >= 11 is 0. The molecule has 4 rings (SSSR count). The number of fused-ring (bicyclic) bond motifs is 1. The topological polar surface area (TPSA) is 112 Å². The standard InChI is InChI=1S/C24H31N3O7/c1-25-23-26-22-24(27-23,17-6-10-19(11-7-17)32-15-13-30-3)34-21(33-22)20(28)16-4-8-18(9-5-16)31-14-12-29-2/h4-11,20-22,28H,12-15H2,1-3H3,(H2,25,26,27)/t20?,21?,22-,24?/m0/s1. The predicted molar refractivity (Wildman–Crippen MR) is 124 cm³/mol. The molecule has 0 amide bonds. The van der Waals surface area contributed by atoms with Crippen LogP contribution in [0.15, 0.2) is 53.5 Å². The van der Waals surface area contributed by atoms with Crippen LogP contribution in [0.3, 0.4) is 0 Å². The number of aliphatic hydroxyl groups is 1. The van der Waals surface area contributed by atoms with Crippen molar-refractivity contribution in [2.45, 2.75) is 24.3 Å². The minimum absolute atomic E-state index is 0.451. The summed E-state index contributed by atoms with van der Waals surface area (Å²) < 4.78 is 33.7. The lowest BCUT2D eigenvalue weighted by atomic mass is 10.0. The molecule has 3 unspecified atom stereocenters. The van der Waals surface area contributed by atoms with E-state index in [4.69, 9.17) is 28.4 Å². The maximum atomic E-state index is 11.0. The lowest BCUT2D eigenvalue weighted by molar-refractivity contribution is -0.160. The molecule has 2 saturated heterocycles. The van der Waals surface area contributed by atoms with Crippen LogP contribution in [0.1, 0.15) is 17.2 Å². The molecule has 0 bridgehead atoms. The average Bonchev–Trinajstić information content (AvgIpc) is 3.40. The van der Waals surface area contributed by atoms with E-state index in [1.165, 1.54) is 0 Å². The van der Waals surface area contributed by atoms with E-state index in [0.717, 1.165) is 5.56 Å². The Morgan fingerprint density at radius 3 is 2.09 bits per heavy atom. The predicted octanol–water partition coefficient (Wildman–Crippen LogP) is 1.50. The zero-order valence-corrected chi connectivity index (χ0v) is 19.5. The van der Waals surface area contributed by atoms with Crippen molar-refractivity contribution in [1.82, 2.24) is 10.6 Å². The molecule has 0 aliphatic carbocycles. The van der Waals surface area contributed by atoms with Crippen LogP contribution >= 0.6 is 0 Å². The second-order valence-electron chi connectivity index (χ2n) is 7.80. The molecule has 2 aliphatic rings. The van der Waals surface area contributed by atoms with Gasteiger partial charge in [0.2, 0.25) is 5.72 Å². The lowest BCUT2D eigenvalue weighted by Gasteiger charge is -2.27. The summed E-state index contributed by atoms with van der Waals surface area (Å²) in [4.78, 5) is 4.19. The number of aliphatic hydroxyl groups excluding tert-OH is 1. The zero-order chi connectivity index (χ0) is 24.0. The second kappa shape index (κ2) is 11.0. The first-order chi connectivity index (χ1) is 16.6. The van der Waals surface area contributed by atoms with Gasteiger partial charge >= 0.3 is 0 Å². The maximum Gasteiger partial charge on any atom is 0.215 e. The number of rotatable bonds is 11. The Bertz CT molecular complexity index is 954. The van der Waals surface area contributed by atoms with Gasteiger partial charge < -0.3 is 44.2 Å². The highest BCUT2D eigenvalue weighted by Gasteiger charge is 2.58. The van der Waals surface area contributed by atoms with Crippen LogP contribution in [-0.4, -0.2) is 71.3 Å². The van der Waals surface area contributed by atoms with E-state index in [1.54, 1.807) is 45.5 Å². The van der Waals surface area contributed by atoms with Crippen molar-refractivity contribution in [2.75, 3.05) is 47.7 Å². The molecule has 184 valence electrons. The molecule has 10 heteroatoms. The third-order valence-electron chi connectivity index (χ3n) is 5.61. The smallest absolute Gasteiger partial charge is 0.215 e. The van der Waals surface area contributed by atoms with Crippen molar-refractivity contribution >= 4 is 5.96 Å². The van der Waals surface area contributed by atoms with E-state index in [2.05, 4.69) is 15.6 Å². The van der Waals surface area contributed by atoms with Crippen molar-refractivity contribution in [3.8, 4) is 11.5 Å². The van der Waals surface area contributed by atoms with Gasteiger partial charge in [0.05, 0.1) is 13.2 Å². The Balaban J connectivity index is 1.48. The minimum atomic E-state index is -1.06. The molecule has 3 N–H and O–H groups in total. The maximum absolute atomic E-state index is 11.0. The van der Waals surface area contributed by atoms with Gasteiger partial charge in [-0.05, 0) is 29.8 Å². The summed E-state index contributed by atoms with van der Waals surface area (Å²) in [7, 11) is 4.92. The van der Waals surface area contributed by atoms with E-state index in [9.17, 15) is 5.11 Å². The van der Waals surface area contributed by atoms with Gasteiger partial charge in [-0.3, -0.25) is 4.99 Å². The van der Waals surface area contributed by atoms with Gasteiger partial charge in [-0.15, -0.1) is 0 Å². The molecule has 0 aromatic heterocycles. The van der Waals surface area contributed by atoms with Crippen LogP contribution in [0.2, 0.25) is 0 Å². The van der Waals surface area contributed by atoms with Crippen LogP contribution in [0.4, 0.5) is 0 Å². The number of benzene rings is 2. The number of hydrogen-bond donors (Lipinski definition) is 3. The molecule has 34 heavy (non-hydrogen) atoms. The zero-order valence-electron chi connectivity index (χ0n) is 19.5. The summed E-state index contributed by atoms with van der Waals surface area (Å²) in [5.74, 6) is 1.94. The summed E-state index contributed by atoms with van der Waals surface area (Å²) in [6.07, 6.45) is -2.53. The molecule has 2 heterocycles. The fourth-order valence-corrected chi connectivity index (χ4v) is 3.82. The Labute approximate surface area is 198 Å². The summed E-state index contributed by atoms with van der Waals surface area (Å²) in [5.41, 5.74) is 0.388. The van der Waals surface area contributed by atoms with Crippen LogP contribution in [0.5, 0.6) is 11.5 Å². The first-order valence-electron chi connectivity index (χ1n) is 11.1. The largest absolute Gasteiger partial charge is 0.491 e. The van der Waals surface area contributed by atoms with Crippen molar-refractivity contribution < 1.29 is 33.5 Å². The average molecular weight is 474 g/mol. The van der Waals surface area contributed by atoms with Crippen molar-refractivity contribution in [2.24, 2.45) is 4.99 Å². The highest BCUT2D eigenvalue weighted by Crippen LogP contribution is 2.42. The SMILES string of the molecule is CN=C1N[C@H]2OC(C(O)c3ccc(OCCOC)cc3)OC2(c2ccc(OCCOC)cc2)N1. The Morgan fingerprint density at radius 2 is 1.53 bits per heavy atom. The van der Waals surface area contributed by atoms with Crippen molar-refractivity contribution in [3.05, 3.63) is 59.7 Å². The number of aliphatic imine (C=N–C) groups is 1. The van der Waals surface area contributed by atoms with E-state index in [0.29, 0.717) is 49.4 Å². The number of nitrogens with zero attached hydrogens (tertiary/aromatic N) is 1. The molecule has 2 aromatic rings. The molecule has 0 radical (unpaired) electrons. The van der Waals surface area contributed by atoms with Crippen LogP contribution < -0.4 is 20.1 Å². The lowest BCUT2D eigenvalue weighted by Crippen LogP contribution is -2.45. The fraction of sp³-hybridized carbons (Fsp3) is 0.458. The van der Waals surface area contributed by atoms with Crippen molar-refractivity contribution in [3.63, 3.8) is 0 Å². The highest BCUT2D eigenvalue weighted by atomic mass is 16.8. The Kier molecular flexibility index (Phi) is 7.86. The summed E-state index contributed by atoms with van der Waals surface area (Å²) in [6, 6.07) is 14.7. The third-order valence-corrected chi connectivity index (χ3v) is 5.61. The number of ether oxygens (including phenoxy) is 6. The van der Waals surface area contributed by atoms with Gasteiger partial charge in [-0.25, -0.2) is 0 Å². The molecular weight excluding hydrogens is 442 g/mol. The van der Waals surface area contributed by atoms with E-state index >= 15 is 0 Å². The molecular formula is C24H31N3O7. The Morgan fingerprint density at radius 1 is 0.941 bits per heavy atom. The van der Waals surface area contributed by atoms with Gasteiger partial charge in [-0.2, -0.15) is 0 Å². The molecule has 2 fully saturated rings. The van der Waals surface area contributed by atoms with Crippen LogP contribution in [0, 0.1) is 0 Å². The van der Waals surface area contributed by atoms with Gasteiger partial charge in [0.15, 0.2) is 18.5 Å². The van der Waals surface area contributed by atoms with Gasteiger partial charge in [0, 0.05) is 26.8 Å². The minimum Gasteiger partial charge on any atom is -0.491 e. The van der Waals surface area contributed by atoms with E-state index in [1.807, 2.05) is 24.3 Å². The number of methoxy groups -OCH3 is 2. The third kappa shape index (κ3) is 5.11. The molecule has 4 atom stereocenters. The second-order valence-corrected chi connectivity index (χ2v) is 7.80. The first kappa shape index (κ1) is 24.2. The van der Waals surface area contributed by atoms with Crippen LogP contribution in [-0.2, 0) is 24.7 Å². The molecule has 0 saturated carbocycles. The number of nitrogens with one attached hydrogen (secondary N) is 2. The molecule has 2 aromatic carbocycles. The highest BCUT2D eigenvalue weighted by molar-refractivity contribution is 5.83. The normalized spacial score (nSPS) is 25.5. The van der Waals surface area contributed by atoms with Gasteiger partial charge in [-0.1, -0.05) is 24.3 Å². The number of guanidine groups is 1. The molecule has 10 nitrogen and oxygen atoms in total. The summed E-state index contributed by atoms with van der Waals surface area (Å²) in [5, 5.41) is 17.4. The molecule has 2 aliphatic heterocycles. The quantitative estimate of drug-likeness (QED) is 0.418. The first-order valence-corrected chi connectivity index (χ1v) is 11.1. The fourth-order valence-electron chi connectivity index (χ4n) is 3.82. The van der Waals surface area contributed by atoms with Gasteiger partial charge in [0.1, 0.15) is 30.8 Å².